The van der Waals surface area contributed by atoms with E-state index in [4.69, 9.17) is 9.47 Å². The van der Waals surface area contributed by atoms with E-state index < -0.39 is 43.4 Å². The van der Waals surface area contributed by atoms with Crippen LogP contribution in [0.2, 0.25) is 0 Å². The van der Waals surface area contributed by atoms with Gasteiger partial charge in [0.1, 0.15) is 24.4 Å². The van der Waals surface area contributed by atoms with Crippen molar-refractivity contribution in [3.63, 3.8) is 0 Å². The van der Waals surface area contributed by atoms with E-state index in [1.807, 2.05) is 18.2 Å². The maximum atomic E-state index is 9.98. The van der Waals surface area contributed by atoms with Crippen molar-refractivity contribution in [2.24, 2.45) is 0 Å². The van der Waals surface area contributed by atoms with Gasteiger partial charge in [-0.3, -0.25) is 0 Å². The molecule has 0 spiro atoms. The molecule has 2 rings (SSSR count). The fourth-order valence-corrected chi connectivity index (χ4v) is 2.55. The molecule has 0 amide bonds. The van der Waals surface area contributed by atoms with Gasteiger partial charge < -0.3 is 29.9 Å². The Kier molecular flexibility index (Phi) is 6.29. The number of hydrogen-bond acceptors (Lipinski definition) is 7. The van der Waals surface area contributed by atoms with E-state index in [-0.39, 0.29) is 0 Å². The van der Waals surface area contributed by atoms with Crippen LogP contribution in [0.25, 0.3) is 0 Å². The second kappa shape index (κ2) is 8.03. The summed E-state index contributed by atoms with van der Waals surface area (Å²) in [6, 6.07) is 9.27. The molecule has 0 radical (unpaired) electrons. The van der Waals surface area contributed by atoms with Gasteiger partial charge in [0.25, 0.3) is 0 Å². The Balaban J connectivity index is 2.13. The van der Waals surface area contributed by atoms with Gasteiger partial charge in [0.15, 0.2) is 12.4 Å². The van der Waals surface area contributed by atoms with Crippen molar-refractivity contribution in [1.29, 1.82) is 5.26 Å². The van der Waals surface area contributed by atoms with Crippen molar-refractivity contribution < 1.29 is 29.9 Å². The third-order valence-corrected chi connectivity index (χ3v) is 4.14. The first-order valence-electron chi connectivity index (χ1n) is 7.84. The zero-order chi connectivity index (χ0) is 17.9. The van der Waals surface area contributed by atoms with Crippen LogP contribution in [0.3, 0.4) is 0 Å². The highest BCUT2D eigenvalue weighted by molar-refractivity contribution is 5.28. The molecule has 24 heavy (non-hydrogen) atoms. The van der Waals surface area contributed by atoms with Gasteiger partial charge >= 0.3 is 0 Å². The summed E-state index contributed by atoms with van der Waals surface area (Å²) in [4.78, 5) is 0. The van der Waals surface area contributed by atoms with Crippen molar-refractivity contribution in [3.8, 4) is 6.07 Å². The first kappa shape index (κ1) is 18.8. The van der Waals surface area contributed by atoms with Gasteiger partial charge in [0.05, 0.1) is 12.7 Å². The first-order valence-corrected chi connectivity index (χ1v) is 7.84. The molecule has 1 aromatic carbocycles. The van der Waals surface area contributed by atoms with E-state index in [0.29, 0.717) is 11.5 Å². The molecule has 1 aliphatic rings. The Hall–Kier alpha value is -1.53. The topological polar surface area (TPSA) is 123 Å². The molecule has 1 aliphatic heterocycles. The van der Waals surface area contributed by atoms with Crippen molar-refractivity contribution >= 4 is 0 Å². The van der Waals surface area contributed by atoms with E-state index in [0.717, 1.165) is 5.56 Å². The summed E-state index contributed by atoms with van der Waals surface area (Å²) in [5.74, 6) is 0.353. The normalized spacial score (nSPS) is 31.7. The number of rotatable bonds is 5. The molecule has 1 heterocycles. The summed E-state index contributed by atoms with van der Waals surface area (Å²) in [5, 5.41) is 48.0. The predicted molar refractivity (Wildman–Crippen MR) is 83.7 cm³/mol. The lowest BCUT2D eigenvalue weighted by Gasteiger charge is -2.40. The SMILES string of the molecule is CC(C)c1ccc([C@@H](C#N)O[C@@H]2O[C@H](CO)[C@@H](O)[C@H](O)[C@H]2O)cc1. The number of nitriles is 1. The Labute approximate surface area is 140 Å². The van der Waals surface area contributed by atoms with Gasteiger partial charge in [-0.2, -0.15) is 5.26 Å². The summed E-state index contributed by atoms with van der Waals surface area (Å²) < 4.78 is 10.7. The Morgan fingerprint density at radius 3 is 2.17 bits per heavy atom. The van der Waals surface area contributed by atoms with Crippen LogP contribution in [0.15, 0.2) is 24.3 Å². The van der Waals surface area contributed by atoms with Crippen LogP contribution in [0.1, 0.15) is 37.0 Å². The average molecular weight is 337 g/mol. The standard InChI is InChI=1S/C17H23NO6/c1-9(2)10-3-5-11(6-4-10)12(7-18)23-17-16(22)15(21)14(20)13(8-19)24-17/h3-6,9,12-17,19-22H,8H2,1-2H3/t12-,13-,14-,15+,16-,17-/m1/s1. The third kappa shape index (κ3) is 3.92. The van der Waals surface area contributed by atoms with Crippen LogP contribution in [0.5, 0.6) is 0 Å². The lowest BCUT2D eigenvalue weighted by atomic mass is 9.98. The van der Waals surface area contributed by atoms with Crippen LogP contribution in [0.4, 0.5) is 0 Å². The van der Waals surface area contributed by atoms with Crippen LogP contribution in [-0.2, 0) is 9.47 Å². The van der Waals surface area contributed by atoms with E-state index in [1.165, 1.54) is 0 Å². The summed E-state index contributed by atoms with van der Waals surface area (Å²) in [7, 11) is 0. The zero-order valence-electron chi connectivity index (χ0n) is 13.6. The molecular weight excluding hydrogens is 314 g/mol. The number of nitrogens with zero attached hydrogens (tertiary/aromatic N) is 1. The first-order chi connectivity index (χ1) is 11.4. The Morgan fingerprint density at radius 2 is 1.67 bits per heavy atom. The fraction of sp³-hybridized carbons (Fsp3) is 0.588. The second-order valence-electron chi connectivity index (χ2n) is 6.16. The maximum Gasteiger partial charge on any atom is 0.188 e. The minimum atomic E-state index is -1.54. The quantitative estimate of drug-likeness (QED) is 0.605. The molecular formula is C17H23NO6. The second-order valence-corrected chi connectivity index (χ2v) is 6.16. The largest absolute Gasteiger partial charge is 0.394 e. The van der Waals surface area contributed by atoms with Crippen molar-refractivity contribution in [2.75, 3.05) is 6.61 Å². The average Bonchev–Trinajstić information content (AvgIpc) is 2.59. The molecule has 132 valence electrons. The molecule has 1 aromatic rings. The van der Waals surface area contributed by atoms with Crippen LogP contribution in [0, 0.1) is 11.3 Å². The van der Waals surface area contributed by atoms with Gasteiger partial charge in [-0.05, 0) is 17.0 Å². The van der Waals surface area contributed by atoms with E-state index in [2.05, 4.69) is 13.8 Å². The smallest absolute Gasteiger partial charge is 0.188 e. The number of aliphatic hydroxyl groups excluding tert-OH is 4. The molecule has 1 saturated heterocycles. The lowest BCUT2D eigenvalue weighted by Crippen LogP contribution is -2.59. The van der Waals surface area contributed by atoms with Crippen LogP contribution < -0.4 is 0 Å². The van der Waals surface area contributed by atoms with Crippen molar-refractivity contribution in [3.05, 3.63) is 35.4 Å². The molecule has 0 saturated carbocycles. The van der Waals surface area contributed by atoms with E-state index >= 15 is 0 Å². The highest BCUT2D eigenvalue weighted by Gasteiger charge is 2.44. The summed E-state index contributed by atoms with van der Waals surface area (Å²) in [6.07, 6.45) is -7.97. The highest BCUT2D eigenvalue weighted by atomic mass is 16.7. The van der Waals surface area contributed by atoms with Crippen molar-refractivity contribution in [2.45, 2.75) is 56.6 Å². The number of hydrogen-bond donors (Lipinski definition) is 4. The molecule has 0 unspecified atom stereocenters. The molecule has 4 N–H and O–H groups in total. The molecule has 6 atom stereocenters. The maximum absolute atomic E-state index is 9.98. The van der Waals surface area contributed by atoms with Crippen LogP contribution >= 0.6 is 0 Å². The lowest BCUT2D eigenvalue weighted by molar-refractivity contribution is -0.307. The Morgan fingerprint density at radius 1 is 1.08 bits per heavy atom. The zero-order valence-corrected chi connectivity index (χ0v) is 13.6. The molecule has 1 fully saturated rings. The monoisotopic (exact) mass is 337 g/mol. The summed E-state index contributed by atoms with van der Waals surface area (Å²) in [6.45, 7) is 3.56. The Bertz CT molecular complexity index is 567. The summed E-state index contributed by atoms with van der Waals surface area (Å²) in [5.41, 5.74) is 1.70. The molecule has 0 aromatic heterocycles. The van der Waals surface area contributed by atoms with Gasteiger partial charge in [-0.25, -0.2) is 0 Å². The van der Waals surface area contributed by atoms with Gasteiger partial charge in [0.2, 0.25) is 0 Å². The predicted octanol–water partition coefficient (Wildman–Crippen LogP) is 0.191. The van der Waals surface area contributed by atoms with Crippen LogP contribution in [-0.4, -0.2) is 57.7 Å². The number of ether oxygens (including phenoxy) is 2. The molecule has 0 aliphatic carbocycles. The molecule has 7 heteroatoms. The highest BCUT2D eigenvalue weighted by Crippen LogP contribution is 2.28. The summed E-state index contributed by atoms with van der Waals surface area (Å²) >= 11 is 0. The van der Waals surface area contributed by atoms with E-state index in [1.54, 1.807) is 12.1 Å². The number of benzene rings is 1. The molecule has 7 nitrogen and oxygen atoms in total. The number of aliphatic hydroxyl groups is 4. The fourth-order valence-electron chi connectivity index (χ4n) is 2.55. The third-order valence-electron chi connectivity index (χ3n) is 4.14. The van der Waals surface area contributed by atoms with Gasteiger partial charge in [-0.1, -0.05) is 38.1 Å². The molecule has 0 bridgehead atoms. The van der Waals surface area contributed by atoms with E-state index in [9.17, 15) is 25.7 Å². The van der Waals surface area contributed by atoms with Crippen molar-refractivity contribution in [1.82, 2.24) is 0 Å². The van der Waals surface area contributed by atoms with Gasteiger partial charge in [-0.15, -0.1) is 0 Å². The van der Waals surface area contributed by atoms with Gasteiger partial charge in [0, 0.05) is 0 Å². The minimum absolute atomic E-state index is 0.353. The minimum Gasteiger partial charge on any atom is -0.394 e.